The summed E-state index contributed by atoms with van der Waals surface area (Å²) >= 11 is 0. The first-order valence-electron chi connectivity index (χ1n) is 3.57. The lowest BCUT2D eigenvalue weighted by atomic mass is 10.2. The van der Waals surface area contributed by atoms with E-state index in [0.717, 1.165) is 19.0 Å². The predicted molar refractivity (Wildman–Crippen MR) is 42.3 cm³/mol. The molecule has 0 bridgehead atoms. The van der Waals surface area contributed by atoms with Crippen molar-refractivity contribution in [3.05, 3.63) is 12.8 Å². The zero-order valence-electron chi connectivity index (χ0n) is 6.72. The molecule has 0 saturated carbocycles. The van der Waals surface area contributed by atoms with Crippen molar-refractivity contribution in [1.82, 2.24) is 4.90 Å². The van der Waals surface area contributed by atoms with E-state index in [1.54, 1.807) is 0 Å². The van der Waals surface area contributed by atoms with Gasteiger partial charge in [-0.3, -0.25) is 0 Å². The Morgan fingerprint density at radius 2 is 2.11 bits per heavy atom. The average Bonchev–Trinajstić information content (AvgIpc) is 1.82. The molecule has 0 atom stereocenters. The van der Waals surface area contributed by atoms with E-state index < -0.39 is 0 Å². The summed E-state index contributed by atoms with van der Waals surface area (Å²) in [5.41, 5.74) is 0. The number of nitrogens with zero attached hydrogens (tertiary/aromatic N) is 1. The first-order valence-corrected chi connectivity index (χ1v) is 3.57. The van der Waals surface area contributed by atoms with Crippen molar-refractivity contribution in [3.63, 3.8) is 0 Å². The Bertz CT molecular complexity index is 76.6. The molecule has 0 heterocycles. The summed E-state index contributed by atoms with van der Waals surface area (Å²) in [6.07, 6.45) is 1.90. The van der Waals surface area contributed by atoms with Crippen molar-refractivity contribution in [1.29, 1.82) is 0 Å². The highest BCUT2D eigenvalue weighted by Gasteiger charge is 1.96. The summed E-state index contributed by atoms with van der Waals surface area (Å²) in [6, 6.07) is 0. The predicted octanol–water partition coefficient (Wildman–Crippen LogP) is 2.11. The smallest absolute Gasteiger partial charge is 0.0195 e. The van der Waals surface area contributed by atoms with Crippen LogP contribution in [0.25, 0.3) is 0 Å². The largest absolute Gasteiger partial charge is 0.378 e. The van der Waals surface area contributed by atoms with Crippen molar-refractivity contribution >= 4 is 0 Å². The van der Waals surface area contributed by atoms with Crippen LogP contribution in [-0.4, -0.2) is 18.0 Å². The van der Waals surface area contributed by atoms with Gasteiger partial charge >= 0.3 is 0 Å². The van der Waals surface area contributed by atoms with Gasteiger partial charge in [-0.2, -0.15) is 0 Å². The van der Waals surface area contributed by atoms with Crippen LogP contribution in [0.1, 0.15) is 20.8 Å². The van der Waals surface area contributed by atoms with Gasteiger partial charge in [0, 0.05) is 13.1 Å². The van der Waals surface area contributed by atoms with E-state index in [1.165, 1.54) is 0 Å². The minimum Gasteiger partial charge on any atom is -0.378 e. The second-order valence-corrected chi connectivity index (χ2v) is 2.66. The third kappa shape index (κ3) is 4.07. The quantitative estimate of drug-likeness (QED) is 0.559. The van der Waals surface area contributed by atoms with Crippen molar-refractivity contribution in [2.24, 2.45) is 5.92 Å². The Kier molecular flexibility index (Phi) is 4.20. The topological polar surface area (TPSA) is 3.24 Å². The highest BCUT2D eigenvalue weighted by atomic mass is 15.1. The molecule has 0 aliphatic heterocycles. The third-order valence-electron chi connectivity index (χ3n) is 1.26. The minimum atomic E-state index is 0.739. The zero-order valence-corrected chi connectivity index (χ0v) is 6.72. The van der Waals surface area contributed by atoms with Crippen LogP contribution >= 0.6 is 0 Å². The molecule has 0 aromatic rings. The molecule has 0 aromatic carbocycles. The van der Waals surface area contributed by atoms with Crippen molar-refractivity contribution < 1.29 is 0 Å². The fourth-order valence-corrected chi connectivity index (χ4v) is 0.802. The normalized spacial score (nSPS) is 9.78. The minimum absolute atomic E-state index is 0.739. The van der Waals surface area contributed by atoms with Gasteiger partial charge in [-0.25, -0.2) is 0 Å². The molecule has 0 rings (SSSR count). The number of rotatable bonds is 4. The first kappa shape index (κ1) is 8.54. The van der Waals surface area contributed by atoms with Crippen molar-refractivity contribution in [2.45, 2.75) is 20.8 Å². The Balaban J connectivity index is 3.42. The average molecular weight is 127 g/mol. The van der Waals surface area contributed by atoms with E-state index in [0.29, 0.717) is 0 Å². The standard InChI is InChI=1S/C8H17N/c1-5-9(6-2)7-8(3)4/h5,8H,1,6-7H2,2-4H3. The van der Waals surface area contributed by atoms with Crippen LogP contribution in [-0.2, 0) is 0 Å². The summed E-state index contributed by atoms with van der Waals surface area (Å²) < 4.78 is 0. The molecular weight excluding hydrogens is 110 g/mol. The molecule has 1 nitrogen and oxygen atoms in total. The molecule has 0 N–H and O–H groups in total. The number of hydrogen-bond acceptors (Lipinski definition) is 1. The Morgan fingerprint density at radius 3 is 2.22 bits per heavy atom. The van der Waals surface area contributed by atoms with Gasteiger partial charge in [-0.15, -0.1) is 0 Å². The fraction of sp³-hybridized carbons (Fsp3) is 0.750. The zero-order chi connectivity index (χ0) is 7.28. The van der Waals surface area contributed by atoms with Crippen LogP contribution in [0.3, 0.4) is 0 Å². The van der Waals surface area contributed by atoms with Crippen molar-refractivity contribution in [3.8, 4) is 0 Å². The molecule has 9 heavy (non-hydrogen) atoms. The second-order valence-electron chi connectivity index (χ2n) is 2.66. The molecule has 0 unspecified atom stereocenters. The molecular formula is C8H17N. The molecule has 0 aromatic heterocycles. The summed E-state index contributed by atoms with van der Waals surface area (Å²) in [5.74, 6) is 0.739. The molecule has 0 fully saturated rings. The monoisotopic (exact) mass is 127 g/mol. The maximum absolute atomic E-state index is 3.71. The molecule has 0 amide bonds. The van der Waals surface area contributed by atoms with E-state index in [-0.39, 0.29) is 0 Å². The van der Waals surface area contributed by atoms with Gasteiger partial charge in [-0.1, -0.05) is 20.4 Å². The molecule has 0 aliphatic carbocycles. The van der Waals surface area contributed by atoms with Crippen molar-refractivity contribution in [2.75, 3.05) is 13.1 Å². The van der Waals surface area contributed by atoms with Crippen LogP contribution in [0.2, 0.25) is 0 Å². The molecule has 54 valence electrons. The molecule has 0 spiro atoms. The summed E-state index contributed by atoms with van der Waals surface area (Å²) in [7, 11) is 0. The lowest BCUT2D eigenvalue weighted by Gasteiger charge is -2.19. The lowest BCUT2D eigenvalue weighted by Crippen LogP contribution is -2.21. The van der Waals surface area contributed by atoms with Crippen LogP contribution in [0.5, 0.6) is 0 Å². The van der Waals surface area contributed by atoms with E-state index in [9.17, 15) is 0 Å². The summed E-state index contributed by atoms with van der Waals surface area (Å²) in [4.78, 5) is 2.21. The first-order chi connectivity index (χ1) is 4.20. The van der Waals surface area contributed by atoms with Gasteiger partial charge in [0.05, 0.1) is 0 Å². The van der Waals surface area contributed by atoms with E-state index >= 15 is 0 Å². The highest BCUT2D eigenvalue weighted by Crippen LogP contribution is 1.96. The van der Waals surface area contributed by atoms with E-state index in [4.69, 9.17) is 0 Å². The Morgan fingerprint density at radius 1 is 1.56 bits per heavy atom. The Hall–Kier alpha value is -0.460. The second kappa shape index (κ2) is 4.42. The van der Waals surface area contributed by atoms with Gasteiger partial charge in [-0.05, 0) is 19.0 Å². The van der Waals surface area contributed by atoms with Gasteiger partial charge in [0.15, 0.2) is 0 Å². The van der Waals surface area contributed by atoms with Gasteiger partial charge in [0.25, 0.3) is 0 Å². The van der Waals surface area contributed by atoms with Gasteiger partial charge in [0.2, 0.25) is 0 Å². The maximum Gasteiger partial charge on any atom is 0.0195 e. The lowest BCUT2D eigenvalue weighted by molar-refractivity contribution is 0.346. The maximum atomic E-state index is 3.71. The highest BCUT2D eigenvalue weighted by molar-refractivity contribution is 4.69. The van der Waals surface area contributed by atoms with Crippen LogP contribution < -0.4 is 0 Å². The molecule has 0 radical (unpaired) electrons. The molecule has 0 aliphatic rings. The van der Waals surface area contributed by atoms with Crippen LogP contribution in [0.15, 0.2) is 12.8 Å². The van der Waals surface area contributed by atoms with Crippen LogP contribution in [0.4, 0.5) is 0 Å². The summed E-state index contributed by atoms with van der Waals surface area (Å²) in [5, 5.41) is 0. The van der Waals surface area contributed by atoms with E-state index in [1.807, 2.05) is 6.20 Å². The SMILES string of the molecule is C=CN(CC)CC(C)C. The van der Waals surface area contributed by atoms with Gasteiger partial charge < -0.3 is 4.90 Å². The summed E-state index contributed by atoms with van der Waals surface area (Å²) in [6.45, 7) is 12.5. The van der Waals surface area contributed by atoms with E-state index in [2.05, 4.69) is 32.3 Å². The van der Waals surface area contributed by atoms with Crippen LogP contribution in [0, 0.1) is 5.92 Å². The molecule has 0 saturated heterocycles. The molecule has 1 heteroatoms. The number of hydrogen-bond donors (Lipinski definition) is 0. The Labute approximate surface area is 58.4 Å². The third-order valence-corrected chi connectivity index (χ3v) is 1.26. The fourth-order valence-electron chi connectivity index (χ4n) is 0.802. The van der Waals surface area contributed by atoms with Gasteiger partial charge in [0.1, 0.15) is 0 Å².